The number of anilines is 2. The lowest BCUT2D eigenvalue weighted by Gasteiger charge is -2.56. The average molecular weight is 350 g/mol. The maximum Gasteiger partial charge on any atom is 0.229 e. The third-order valence-corrected chi connectivity index (χ3v) is 8.52. The maximum absolute atomic E-state index is 13.2. The smallest absolute Gasteiger partial charge is 0.229 e. The minimum atomic E-state index is 0.0779. The molecule has 5 heterocycles. The van der Waals surface area contributed by atoms with E-state index in [0.717, 1.165) is 11.4 Å². The van der Waals surface area contributed by atoms with Crippen molar-refractivity contribution in [1.29, 1.82) is 0 Å². The standard InChI is InChI=1S/C21H23N3O2/c22-12-1-2-15-14(7-12)21-4-5-23-10-11-3-6-26-16-9-18(25)24(15)20(21)19(16)13(11)8-17(21)23/h1-3,7,13,16-17,19-20H,4-6,8-10,22H2/p+1/t13-,16-,17-,19-,20-,21+/m1/s1. The number of quaternary nitrogens is 1. The van der Waals surface area contributed by atoms with Gasteiger partial charge in [-0.1, -0.05) is 6.08 Å². The van der Waals surface area contributed by atoms with E-state index in [2.05, 4.69) is 23.1 Å². The summed E-state index contributed by atoms with van der Waals surface area (Å²) < 4.78 is 6.26. The van der Waals surface area contributed by atoms with Crippen molar-refractivity contribution in [3.05, 3.63) is 35.4 Å². The van der Waals surface area contributed by atoms with Gasteiger partial charge >= 0.3 is 0 Å². The van der Waals surface area contributed by atoms with Gasteiger partial charge in [0, 0.05) is 30.1 Å². The second-order valence-electron chi connectivity index (χ2n) is 9.19. The summed E-state index contributed by atoms with van der Waals surface area (Å²) in [5, 5.41) is 0. The van der Waals surface area contributed by atoms with Gasteiger partial charge in [-0.2, -0.15) is 0 Å². The number of nitrogens with zero attached hydrogens (tertiary/aromatic N) is 1. The number of benzene rings is 1. The molecule has 5 nitrogen and oxygen atoms in total. The van der Waals surface area contributed by atoms with Gasteiger partial charge < -0.3 is 20.3 Å². The van der Waals surface area contributed by atoms with Crippen LogP contribution in [-0.4, -0.2) is 43.8 Å². The molecule has 0 aromatic heterocycles. The van der Waals surface area contributed by atoms with E-state index in [0.29, 0.717) is 30.9 Å². The molecule has 1 saturated carbocycles. The molecule has 1 aromatic carbocycles. The molecule has 2 bridgehead atoms. The third kappa shape index (κ3) is 1.37. The monoisotopic (exact) mass is 350 g/mol. The van der Waals surface area contributed by atoms with Crippen molar-refractivity contribution in [1.82, 2.24) is 0 Å². The molecular weight excluding hydrogens is 326 g/mol. The fourth-order valence-electron chi connectivity index (χ4n) is 7.79. The number of hydrogen-bond donors (Lipinski definition) is 2. The van der Waals surface area contributed by atoms with Gasteiger partial charge in [0.15, 0.2) is 0 Å². The van der Waals surface area contributed by atoms with Gasteiger partial charge in [0.2, 0.25) is 5.91 Å². The van der Waals surface area contributed by atoms with Gasteiger partial charge in [0.1, 0.15) is 6.04 Å². The second kappa shape index (κ2) is 4.34. The van der Waals surface area contributed by atoms with Crippen molar-refractivity contribution >= 4 is 17.3 Å². The Morgan fingerprint density at radius 3 is 3.19 bits per heavy atom. The highest BCUT2D eigenvalue weighted by atomic mass is 16.5. The molecule has 7 rings (SSSR count). The van der Waals surface area contributed by atoms with Crippen LogP contribution in [0.1, 0.15) is 24.8 Å². The molecule has 4 fully saturated rings. The van der Waals surface area contributed by atoms with Crippen molar-refractivity contribution in [3.63, 3.8) is 0 Å². The predicted octanol–water partition coefficient (Wildman–Crippen LogP) is 0.258. The highest BCUT2D eigenvalue weighted by Gasteiger charge is 2.73. The molecule has 5 aliphatic heterocycles. The summed E-state index contributed by atoms with van der Waals surface area (Å²) >= 11 is 0. The lowest BCUT2D eigenvalue weighted by atomic mass is 9.53. The van der Waals surface area contributed by atoms with E-state index in [1.807, 2.05) is 6.07 Å². The van der Waals surface area contributed by atoms with Crippen LogP contribution in [0.2, 0.25) is 0 Å². The number of ether oxygens (including phenoxy) is 1. The lowest BCUT2D eigenvalue weighted by Crippen LogP contribution is -3.16. The minimum absolute atomic E-state index is 0.0779. The number of nitrogen functional groups attached to an aromatic ring is 1. The summed E-state index contributed by atoms with van der Waals surface area (Å²) in [6, 6.07) is 7.12. The molecule has 0 radical (unpaired) electrons. The number of nitrogens with one attached hydrogen (secondary N) is 1. The first-order valence-electron chi connectivity index (χ1n) is 10.1. The van der Waals surface area contributed by atoms with Gasteiger partial charge in [-0.15, -0.1) is 0 Å². The van der Waals surface area contributed by atoms with Crippen LogP contribution in [0.15, 0.2) is 29.8 Å². The first-order chi connectivity index (χ1) is 12.7. The first kappa shape index (κ1) is 14.2. The number of amides is 1. The maximum atomic E-state index is 13.2. The zero-order chi connectivity index (χ0) is 17.2. The van der Waals surface area contributed by atoms with Crippen LogP contribution in [0, 0.1) is 11.8 Å². The van der Waals surface area contributed by atoms with Gasteiger partial charge in [-0.3, -0.25) is 4.79 Å². The van der Waals surface area contributed by atoms with E-state index < -0.39 is 0 Å². The Morgan fingerprint density at radius 1 is 1.35 bits per heavy atom. The summed E-state index contributed by atoms with van der Waals surface area (Å²) in [5.74, 6) is 1.27. The van der Waals surface area contributed by atoms with E-state index in [1.54, 1.807) is 10.5 Å². The van der Waals surface area contributed by atoms with Crippen LogP contribution in [0.4, 0.5) is 11.4 Å². The molecule has 1 unspecified atom stereocenters. The van der Waals surface area contributed by atoms with E-state index in [9.17, 15) is 4.79 Å². The Balaban J connectivity index is 1.55. The van der Waals surface area contributed by atoms with Crippen LogP contribution < -0.4 is 15.5 Å². The summed E-state index contributed by atoms with van der Waals surface area (Å²) in [5.41, 5.74) is 11.2. The van der Waals surface area contributed by atoms with Gasteiger partial charge in [0.25, 0.3) is 0 Å². The van der Waals surface area contributed by atoms with E-state index in [1.165, 1.54) is 31.5 Å². The zero-order valence-corrected chi connectivity index (χ0v) is 14.8. The lowest BCUT2D eigenvalue weighted by molar-refractivity contribution is -0.916. The molecule has 134 valence electrons. The molecule has 1 spiro atoms. The Morgan fingerprint density at radius 2 is 2.27 bits per heavy atom. The highest BCUT2D eigenvalue weighted by Crippen LogP contribution is 2.62. The van der Waals surface area contributed by atoms with Gasteiger partial charge in [-0.25, -0.2) is 0 Å². The van der Waals surface area contributed by atoms with Crippen molar-refractivity contribution in [3.8, 4) is 0 Å². The fraction of sp³-hybridized carbons (Fsp3) is 0.571. The van der Waals surface area contributed by atoms with Crippen LogP contribution in [0.3, 0.4) is 0 Å². The van der Waals surface area contributed by atoms with E-state index in [-0.39, 0.29) is 23.5 Å². The second-order valence-corrected chi connectivity index (χ2v) is 9.19. The van der Waals surface area contributed by atoms with Crippen molar-refractivity contribution in [2.75, 3.05) is 30.3 Å². The molecule has 1 aromatic rings. The Kier molecular flexibility index (Phi) is 2.38. The fourth-order valence-corrected chi connectivity index (χ4v) is 7.79. The normalized spacial score (nSPS) is 46.7. The number of carbonyl (C=O) groups excluding carboxylic acids is 1. The summed E-state index contributed by atoms with van der Waals surface area (Å²) in [6.07, 6.45) is 5.36. The minimum Gasteiger partial charge on any atom is -0.399 e. The summed E-state index contributed by atoms with van der Waals surface area (Å²) in [7, 11) is 0. The van der Waals surface area contributed by atoms with Crippen LogP contribution in [-0.2, 0) is 14.9 Å². The number of nitrogens with two attached hydrogens (primary N) is 1. The van der Waals surface area contributed by atoms with Crippen LogP contribution >= 0.6 is 0 Å². The molecule has 1 aliphatic carbocycles. The molecule has 6 aliphatic rings. The Bertz CT molecular complexity index is 895. The number of rotatable bonds is 0. The molecular formula is C21H24N3O2+. The largest absolute Gasteiger partial charge is 0.399 e. The average Bonchev–Trinajstić information content (AvgIpc) is 3.09. The van der Waals surface area contributed by atoms with Crippen molar-refractivity contribution in [2.24, 2.45) is 11.8 Å². The highest BCUT2D eigenvalue weighted by molar-refractivity contribution is 5.99. The Hall–Kier alpha value is -1.85. The van der Waals surface area contributed by atoms with Crippen molar-refractivity contribution in [2.45, 2.75) is 42.9 Å². The molecule has 7 atom stereocenters. The molecule has 3 N–H and O–H groups in total. The van der Waals surface area contributed by atoms with Crippen LogP contribution in [0.5, 0.6) is 0 Å². The number of fused-ring (bicyclic) bond motifs is 2. The molecule has 5 heteroatoms. The predicted molar refractivity (Wildman–Crippen MR) is 96.9 cm³/mol. The quantitative estimate of drug-likeness (QED) is 0.521. The number of piperidine rings is 2. The number of carbonyl (C=O) groups is 1. The topological polar surface area (TPSA) is 60.0 Å². The molecule has 3 saturated heterocycles. The summed E-state index contributed by atoms with van der Waals surface area (Å²) in [4.78, 5) is 17.1. The van der Waals surface area contributed by atoms with Crippen LogP contribution in [0.25, 0.3) is 0 Å². The van der Waals surface area contributed by atoms with E-state index >= 15 is 0 Å². The van der Waals surface area contributed by atoms with E-state index in [4.69, 9.17) is 10.5 Å². The van der Waals surface area contributed by atoms with Crippen molar-refractivity contribution < 1.29 is 14.4 Å². The third-order valence-electron chi connectivity index (χ3n) is 8.52. The molecule has 26 heavy (non-hydrogen) atoms. The Labute approximate surface area is 152 Å². The van der Waals surface area contributed by atoms with Gasteiger partial charge in [-0.05, 0) is 35.3 Å². The first-order valence-corrected chi connectivity index (χ1v) is 10.1. The number of hydrogen-bond acceptors (Lipinski definition) is 3. The molecule has 1 amide bonds. The summed E-state index contributed by atoms with van der Waals surface area (Å²) in [6.45, 7) is 3.06. The van der Waals surface area contributed by atoms with Gasteiger partial charge in [0.05, 0.1) is 43.7 Å². The SMILES string of the molecule is Nc1ccc2c(c1)[C@]13CC[NH+]4CC5=CCO[C@@H]6CC(=O)N2[C@@H]1[C@@H]6[C@@H]5C[C@@H]43. The zero-order valence-electron chi connectivity index (χ0n) is 14.8.